The molecule has 0 bridgehead atoms. The number of thiol groups is 1. The summed E-state index contributed by atoms with van der Waals surface area (Å²) in [5.41, 5.74) is 0.748. The third kappa shape index (κ3) is 4.85. The Morgan fingerprint density at radius 1 is 1.32 bits per heavy atom. The Balaban J connectivity index is 1.40. The van der Waals surface area contributed by atoms with Crippen molar-refractivity contribution in [2.24, 2.45) is 0 Å². The van der Waals surface area contributed by atoms with Crippen LogP contribution < -0.4 is 5.32 Å². The number of nitro benzene ring substituents is 1. The van der Waals surface area contributed by atoms with Crippen molar-refractivity contribution in [3.8, 4) is 0 Å². The smallest absolute Gasteiger partial charge is 0.407 e. The molecule has 7 nitrogen and oxygen atoms in total. The summed E-state index contributed by atoms with van der Waals surface area (Å²) in [4.78, 5) is 24.6. The third-order valence-corrected chi connectivity index (χ3v) is 5.38. The van der Waals surface area contributed by atoms with Gasteiger partial charge in [0.2, 0.25) is 0 Å². The molecule has 1 N–H and O–H groups in total. The van der Waals surface area contributed by atoms with E-state index in [1.54, 1.807) is 12.1 Å². The number of hydrogen-bond acceptors (Lipinski definition) is 6. The third-order valence-electron chi connectivity index (χ3n) is 4.96. The zero-order chi connectivity index (χ0) is 17.8. The summed E-state index contributed by atoms with van der Waals surface area (Å²) >= 11 is 4.53. The number of likely N-dealkylation sites (tertiary alicyclic amines) is 1. The predicted octanol–water partition coefficient (Wildman–Crippen LogP) is 2.75. The number of nitrogens with one attached hydrogen (secondary N) is 1. The average molecular weight is 365 g/mol. The van der Waals surface area contributed by atoms with E-state index in [-0.39, 0.29) is 18.3 Å². The molecule has 2 aliphatic rings. The van der Waals surface area contributed by atoms with Gasteiger partial charge in [0.1, 0.15) is 6.61 Å². The lowest BCUT2D eigenvalue weighted by atomic mass is 10.2. The van der Waals surface area contributed by atoms with Gasteiger partial charge < -0.3 is 10.1 Å². The van der Waals surface area contributed by atoms with E-state index in [1.807, 2.05) is 0 Å². The molecule has 0 aromatic heterocycles. The van der Waals surface area contributed by atoms with Crippen molar-refractivity contribution in [2.45, 2.75) is 49.6 Å². The molecule has 1 amide bonds. The molecular weight excluding hydrogens is 342 g/mol. The number of non-ortho nitro benzene ring substituents is 1. The van der Waals surface area contributed by atoms with Crippen LogP contribution in [0.15, 0.2) is 24.3 Å². The number of hydrogen-bond donors (Lipinski definition) is 2. The van der Waals surface area contributed by atoms with Gasteiger partial charge in [0.05, 0.1) is 4.92 Å². The zero-order valence-corrected chi connectivity index (χ0v) is 14.9. The van der Waals surface area contributed by atoms with E-state index in [2.05, 4.69) is 22.8 Å². The van der Waals surface area contributed by atoms with Gasteiger partial charge in [-0.25, -0.2) is 4.79 Å². The molecule has 1 saturated heterocycles. The van der Waals surface area contributed by atoms with E-state index in [0.29, 0.717) is 11.3 Å². The van der Waals surface area contributed by atoms with Gasteiger partial charge in [0.25, 0.3) is 5.69 Å². The maximum Gasteiger partial charge on any atom is 0.407 e. The van der Waals surface area contributed by atoms with Gasteiger partial charge in [-0.2, -0.15) is 12.6 Å². The monoisotopic (exact) mass is 365 g/mol. The Morgan fingerprint density at radius 2 is 2.08 bits per heavy atom. The summed E-state index contributed by atoms with van der Waals surface area (Å²) in [6.45, 7) is 2.23. The summed E-state index contributed by atoms with van der Waals surface area (Å²) in [6, 6.07) is 6.67. The van der Waals surface area contributed by atoms with Crippen molar-refractivity contribution in [1.29, 1.82) is 0 Å². The van der Waals surface area contributed by atoms with E-state index < -0.39 is 11.0 Å². The van der Waals surface area contributed by atoms with Gasteiger partial charge in [-0.1, -0.05) is 0 Å². The highest BCUT2D eigenvalue weighted by Gasteiger charge is 2.33. The minimum Gasteiger partial charge on any atom is -0.445 e. The first kappa shape index (κ1) is 18.0. The van der Waals surface area contributed by atoms with Crippen molar-refractivity contribution >= 4 is 24.4 Å². The van der Waals surface area contributed by atoms with Crippen LogP contribution in [0, 0.1) is 10.1 Å². The standard InChI is InChI=1S/C17H23N3O4S/c21-17(24-11-12-1-4-14(5-2-12)20(22)23)18-13-3-6-15(9-13)19-8-7-16(25)10-19/h1-2,4-5,13,15-16,25H,3,6-11H2,(H,18,21)/t13-,15+,16-/m1/s1. The van der Waals surface area contributed by atoms with Crippen LogP contribution in [0.4, 0.5) is 10.5 Å². The van der Waals surface area contributed by atoms with Crippen LogP contribution >= 0.6 is 12.6 Å². The summed E-state index contributed by atoms with van der Waals surface area (Å²) in [6.07, 6.45) is 3.71. The summed E-state index contributed by atoms with van der Waals surface area (Å²) in [7, 11) is 0. The quantitative estimate of drug-likeness (QED) is 0.476. The molecule has 25 heavy (non-hydrogen) atoms. The Bertz CT molecular complexity index is 625. The minimum atomic E-state index is -0.454. The van der Waals surface area contributed by atoms with Crippen molar-refractivity contribution in [3.05, 3.63) is 39.9 Å². The zero-order valence-electron chi connectivity index (χ0n) is 14.0. The number of nitrogens with zero attached hydrogens (tertiary/aromatic N) is 2. The van der Waals surface area contributed by atoms with Crippen molar-refractivity contribution < 1.29 is 14.5 Å². The first-order valence-electron chi connectivity index (χ1n) is 8.60. The number of carbonyl (C=O) groups excluding carboxylic acids is 1. The average Bonchev–Trinajstić information content (AvgIpc) is 3.22. The lowest BCUT2D eigenvalue weighted by Crippen LogP contribution is -2.36. The highest BCUT2D eigenvalue weighted by Crippen LogP contribution is 2.28. The van der Waals surface area contributed by atoms with Crippen LogP contribution in [0.2, 0.25) is 0 Å². The van der Waals surface area contributed by atoms with E-state index in [9.17, 15) is 14.9 Å². The van der Waals surface area contributed by atoms with Crippen LogP contribution in [0.25, 0.3) is 0 Å². The van der Waals surface area contributed by atoms with Crippen LogP contribution in [0.3, 0.4) is 0 Å². The molecule has 1 saturated carbocycles. The fourth-order valence-corrected chi connectivity index (χ4v) is 3.92. The second kappa shape index (κ2) is 8.05. The minimum absolute atomic E-state index is 0.0237. The normalized spacial score (nSPS) is 26.5. The van der Waals surface area contributed by atoms with E-state index in [0.717, 1.165) is 44.3 Å². The first-order valence-corrected chi connectivity index (χ1v) is 9.11. The van der Waals surface area contributed by atoms with E-state index >= 15 is 0 Å². The molecule has 1 aromatic carbocycles. The maximum atomic E-state index is 12.0. The summed E-state index contributed by atoms with van der Waals surface area (Å²) in [5.74, 6) is 0. The van der Waals surface area contributed by atoms with Crippen LogP contribution in [0.5, 0.6) is 0 Å². The molecule has 1 aliphatic carbocycles. The van der Waals surface area contributed by atoms with Gasteiger partial charge >= 0.3 is 6.09 Å². The van der Waals surface area contributed by atoms with Gasteiger partial charge in [0, 0.05) is 36.0 Å². The number of rotatable bonds is 5. The van der Waals surface area contributed by atoms with E-state index in [1.165, 1.54) is 12.1 Å². The fourth-order valence-electron chi connectivity index (χ4n) is 3.59. The number of alkyl carbamates (subject to hydrolysis) is 1. The van der Waals surface area contributed by atoms with Crippen molar-refractivity contribution in [2.75, 3.05) is 13.1 Å². The Hall–Kier alpha value is -1.80. The molecule has 136 valence electrons. The molecule has 2 fully saturated rings. The number of carbonyl (C=O) groups is 1. The molecule has 1 aromatic rings. The number of amides is 1. The van der Waals surface area contributed by atoms with Crippen LogP contribution in [-0.2, 0) is 11.3 Å². The van der Waals surface area contributed by atoms with Gasteiger partial charge in [-0.3, -0.25) is 15.0 Å². The lowest BCUT2D eigenvalue weighted by molar-refractivity contribution is -0.384. The Kier molecular flexibility index (Phi) is 5.80. The Morgan fingerprint density at radius 3 is 2.72 bits per heavy atom. The largest absolute Gasteiger partial charge is 0.445 e. The topological polar surface area (TPSA) is 84.7 Å². The molecule has 0 spiro atoms. The molecule has 3 atom stereocenters. The number of nitro groups is 1. The van der Waals surface area contributed by atoms with Gasteiger partial charge in [-0.15, -0.1) is 0 Å². The Labute approximate surface area is 152 Å². The lowest BCUT2D eigenvalue weighted by Gasteiger charge is -2.23. The van der Waals surface area contributed by atoms with Crippen LogP contribution in [-0.4, -0.2) is 46.3 Å². The molecule has 8 heteroatoms. The highest BCUT2D eigenvalue weighted by atomic mass is 32.1. The molecule has 1 heterocycles. The van der Waals surface area contributed by atoms with Gasteiger partial charge in [-0.05, 0) is 49.9 Å². The predicted molar refractivity (Wildman–Crippen MR) is 96.8 cm³/mol. The fraction of sp³-hybridized carbons (Fsp3) is 0.588. The van der Waals surface area contributed by atoms with Crippen molar-refractivity contribution in [3.63, 3.8) is 0 Å². The number of benzene rings is 1. The SMILES string of the molecule is O=C(N[C@@H]1CC[C@H](N2CC[C@@H](S)C2)C1)OCc1ccc([N+](=O)[O-])cc1. The van der Waals surface area contributed by atoms with Crippen molar-refractivity contribution in [1.82, 2.24) is 10.2 Å². The molecule has 0 unspecified atom stereocenters. The van der Waals surface area contributed by atoms with Crippen LogP contribution in [0.1, 0.15) is 31.2 Å². The summed E-state index contributed by atoms with van der Waals surface area (Å²) < 4.78 is 5.22. The molecule has 3 rings (SSSR count). The highest BCUT2D eigenvalue weighted by molar-refractivity contribution is 7.81. The summed E-state index contributed by atoms with van der Waals surface area (Å²) in [5, 5.41) is 14.0. The molecule has 1 aliphatic heterocycles. The second-order valence-corrected chi connectivity index (χ2v) is 7.48. The van der Waals surface area contributed by atoms with Gasteiger partial charge in [0.15, 0.2) is 0 Å². The number of ether oxygens (including phenoxy) is 1. The first-order chi connectivity index (χ1) is 12.0. The second-order valence-electron chi connectivity index (χ2n) is 6.75. The maximum absolute atomic E-state index is 12.0. The molecule has 0 radical (unpaired) electrons. The van der Waals surface area contributed by atoms with E-state index in [4.69, 9.17) is 4.74 Å². The molecular formula is C17H23N3O4S.